The molecule has 0 saturated heterocycles. The fourth-order valence-corrected chi connectivity index (χ4v) is 6.44. The predicted octanol–water partition coefficient (Wildman–Crippen LogP) is 4.08. The summed E-state index contributed by atoms with van der Waals surface area (Å²) < 4.78 is 41.4. The summed E-state index contributed by atoms with van der Waals surface area (Å²) in [5.41, 5.74) is 0.406. The number of rotatable bonds is 11. The van der Waals surface area contributed by atoms with Gasteiger partial charge in [-0.3, -0.25) is 14.3 Å². The van der Waals surface area contributed by atoms with Crippen LogP contribution >= 0.6 is 0 Å². The maximum absolute atomic E-state index is 14.3. The average Bonchev–Trinajstić information content (AvgIpc) is 3.02. The summed E-state index contributed by atoms with van der Waals surface area (Å²) in [5, 5.41) is 10.2. The van der Waals surface area contributed by atoms with Crippen molar-refractivity contribution in [3.63, 3.8) is 0 Å². The summed E-state index contributed by atoms with van der Waals surface area (Å²) in [7, 11) is 1.84. The molecule has 3 rings (SSSR count). The normalized spacial score (nSPS) is 20.7. The van der Waals surface area contributed by atoms with Crippen molar-refractivity contribution in [3.05, 3.63) is 54.1 Å². The van der Waals surface area contributed by atoms with Crippen molar-refractivity contribution in [2.75, 3.05) is 58.7 Å². The van der Waals surface area contributed by atoms with E-state index in [1.54, 1.807) is 54.1 Å². The minimum atomic E-state index is -3.90. The van der Waals surface area contributed by atoms with Gasteiger partial charge in [-0.25, -0.2) is 8.42 Å². The molecule has 2 amide bonds. The monoisotopic (exact) mass is 660 g/mol. The molecule has 2 N–H and O–H groups in total. The molecule has 1 aliphatic rings. The fraction of sp³-hybridized carbons (Fsp3) is 0.588. The summed E-state index contributed by atoms with van der Waals surface area (Å²) in [4.78, 5) is 32.7. The highest BCUT2D eigenvalue weighted by molar-refractivity contribution is 7.92. The number of sulfonamides is 1. The lowest BCUT2D eigenvalue weighted by Crippen LogP contribution is -2.48. The van der Waals surface area contributed by atoms with E-state index in [9.17, 15) is 23.1 Å². The van der Waals surface area contributed by atoms with Crippen LogP contribution in [0.2, 0.25) is 0 Å². The highest BCUT2D eigenvalue weighted by atomic mass is 32.2. The maximum Gasteiger partial charge on any atom is 0.261 e. The third-order valence-corrected chi connectivity index (χ3v) is 9.63. The molecule has 12 heteroatoms. The number of hydrogen-bond donors (Lipinski definition) is 2. The summed E-state index contributed by atoms with van der Waals surface area (Å²) in [5.74, 6) is -0.212. The van der Waals surface area contributed by atoms with Gasteiger partial charge in [0.1, 0.15) is 5.75 Å². The molecule has 0 spiro atoms. The van der Waals surface area contributed by atoms with Crippen LogP contribution in [0.25, 0.3) is 0 Å². The van der Waals surface area contributed by atoms with Crippen LogP contribution in [-0.4, -0.2) is 112 Å². The second kappa shape index (κ2) is 17.7. The van der Waals surface area contributed by atoms with Crippen LogP contribution in [0.15, 0.2) is 53.4 Å². The number of aliphatic hydroxyl groups excluding tert-OH is 1. The van der Waals surface area contributed by atoms with Gasteiger partial charge in [-0.15, -0.1) is 0 Å². The number of likely N-dealkylation sites (N-methyl/N-ethyl adjacent to an activating group) is 1. The summed E-state index contributed by atoms with van der Waals surface area (Å²) in [6.45, 7) is 7.34. The van der Waals surface area contributed by atoms with Crippen molar-refractivity contribution in [2.45, 2.75) is 76.0 Å². The summed E-state index contributed by atoms with van der Waals surface area (Å²) in [6, 6.07) is 12.2. The lowest BCUT2D eigenvalue weighted by Gasteiger charge is -2.36. The van der Waals surface area contributed by atoms with Crippen molar-refractivity contribution in [1.82, 2.24) is 14.7 Å². The smallest absolute Gasteiger partial charge is 0.261 e. The van der Waals surface area contributed by atoms with E-state index in [4.69, 9.17) is 9.47 Å². The Morgan fingerprint density at radius 3 is 2.50 bits per heavy atom. The molecule has 0 unspecified atom stereocenters. The van der Waals surface area contributed by atoms with Crippen molar-refractivity contribution in [2.24, 2.45) is 5.92 Å². The van der Waals surface area contributed by atoms with Gasteiger partial charge in [0.2, 0.25) is 5.91 Å². The molecule has 0 fully saturated rings. The molecule has 256 valence electrons. The number of nitrogens with zero attached hydrogens (tertiary/aromatic N) is 3. The lowest BCUT2D eigenvalue weighted by atomic mass is 10.0. The van der Waals surface area contributed by atoms with E-state index in [1.165, 1.54) is 18.2 Å². The molecule has 11 nitrogen and oxygen atoms in total. The van der Waals surface area contributed by atoms with Crippen LogP contribution in [0, 0.1) is 5.92 Å². The van der Waals surface area contributed by atoms with Gasteiger partial charge in [0.15, 0.2) is 0 Å². The van der Waals surface area contributed by atoms with Gasteiger partial charge < -0.3 is 29.3 Å². The second-order valence-electron chi connectivity index (χ2n) is 12.6. The summed E-state index contributed by atoms with van der Waals surface area (Å²) in [6.07, 6.45) is 3.01. The molecular formula is C34H52N4O7S. The molecule has 0 saturated carbocycles. The van der Waals surface area contributed by atoms with Crippen molar-refractivity contribution in [3.8, 4) is 5.75 Å². The minimum Gasteiger partial charge on any atom is -0.490 e. The average molecular weight is 661 g/mol. The Kier molecular flexibility index (Phi) is 14.3. The zero-order chi connectivity index (χ0) is 33.9. The van der Waals surface area contributed by atoms with E-state index in [1.807, 2.05) is 27.9 Å². The molecule has 0 radical (unpaired) electrons. The minimum absolute atomic E-state index is 0.0408. The topological polar surface area (TPSA) is 129 Å². The third-order valence-electron chi connectivity index (χ3n) is 8.23. The number of carbonyl (C=O) groups excluding carboxylic acids is 2. The molecule has 2 aromatic carbocycles. The maximum atomic E-state index is 14.3. The molecule has 0 bridgehead atoms. The van der Waals surface area contributed by atoms with Crippen molar-refractivity contribution >= 4 is 27.5 Å². The highest BCUT2D eigenvalue weighted by Gasteiger charge is 2.31. The number of carbonyl (C=O) groups is 2. The molecule has 46 heavy (non-hydrogen) atoms. The quantitative estimate of drug-likeness (QED) is 0.369. The Labute approximate surface area is 274 Å². The first-order valence-electron chi connectivity index (χ1n) is 16.1. The van der Waals surface area contributed by atoms with Gasteiger partial charge >= 0.3 is 0 Å². The third kappa shape index (κ3) is 11.0. The van der Waals surface area contributed by atoms with E-state index in [0.717, 1.165) is 32.2 Å². The molecule has 0 aromatic heterocycles. The van der Waals surface area contributed by atoms with Crippen LogP contribution < -0.4 is 9.46 Å². The Hall–Kier alpha value is -3.19. The Bertz CT molecular complexity index is 1370. The van der Waals surface area contributed by atoms with Gasteiger partial charge in [-0.2, -0.15) is 0 Å². The largest absolute Gasteiger partial charge is 0.490 e. The van der Waals surface area contributed by atoms with Crippen molar-refractivity contribution < 1.29 is 32.6 Å². The molecular weight excluding hydrogens is 608 g/mol. The SMILES string of the molecule is C[C@@H]1CCCCO[C@@H](CN(C)C(=O)CCCN(C)C)[C@@H](C)CN([C@@H](C)CO)C(=O)c2cc(NS(=O)(=O)c3ccccc3)ccc2O1. The second-order valence-corrected chi connectivity index (χ2v) is 14.3. The van der Waals surface area contributed by atoms with E-state index in [-0.39, 0.29) is 53.3 Å². The fourth-order valence-electron chi connectivity index (χ4n) is 5.37. The zero-order valence-corrected chi connectivity index (χ0v) is 29.0. The van der Waals surface area contributed by atoms with Gasteiger partial charge in [0.25, 0.3) is 15.9 Å². The molecule has 2 aromatic rings. The Morgan fingerprint density at radius 2 is 1.83 bits per heavy atom. The zero-order valence-electron chi connectivity index (χ0n) is 28.1. The van der Waals surface area contributed by atoms with Gasteiger partial charge in [-0.05, 0) is 90.5 Å². The van der Waals surface area contributed by atoms with Crippen molar-refractivity contribution in [1.29, 1.82) is 0 Å². The number of fused-ring (bicyclic) bond motifs is 1. The molecule has 0 aliphatic carbocycles. The predicted molar refractivity (Wildman–Crippen MR) is 180 cm³/mol. The highest BCUT2D eigenvalue weighted by Crippen LogP contribution is 2.29. The first-order chi connectivity index (χ1) is 21.8. The number of hydrogen-bond acceptors (Lipinski definition) is 8. The van der Waals surface area contributed by atoms with Gasteiger partial charge in [0.05, 0.1) is 35.3 Å². The van der Waals surface area contributed by atoms with E-state index in [2.05, 4.69) is 9.62 Å². The lowest BCUT2D eigenvalue weighted by molar-refractivity contribution is -0.132. The van der Waals surface area contributed by atoms with Crippen LogP contribution in [0.3, 0.4) is 0 Å². The molecule has 1 heterocycles. The van der Waals surface area contributed by atoms with Gasteiger partial charge in [0, 0.05) is 44.8 Å². The van der Waals surface area contributed by atoms with E-state index in [0.29, 0.717) is 25.3 Å². The number of aliphatic hydroxyl groups is 1. The Morgan fingerprint density at radius 1 is 1.11 bits per heavy atom. The molecule has 1 aliphatic heterocycles. The number of benzene rings is 2. The summed E-state index contributed by atoms with van der Waals surface area (Å²) >= 11 is 0. The number of amides is 2. The van der Waals surface area contributed by atoms with Gasteiger partial charge in [-0.1, -0.05) is 25.1 Å². The molecule has 4 atom stereocenters. The standard InChI is InChI=1S/C34H52N4O7S/c1-25-22-38(26(2)24-39)34(41)30-21-28(35-46(42,43)29-14-8-7-9-15-29)17-18-31(30)45-27(3)13-10-11-20-44-32(25)23-37(6)33(40)16-12-19-36(4)5/h7-9,14-15,17-18,21,25-27,32,35,39H,10-13,16,19-20,22-24H2,1-6H3/t25-,26-,27+,32-/m0/s1. The van der Waals surface area contributed by atoms with Crippen LogP contribution in [0.4, 0.5) is 5.69 Å². The van der Waals surface area contributed by atoms with Crippen LogP contribution in [-0.2, 0) is 19.6 Å². The number of anilines is 1. The first-order valence-corrected chi connectivity index (χ1v) is 17.6. The Balaban J connectivity index is 1.93. The van der Waals surface area contributed by atoms with Crippen LogP contribution in [0.5, 0.6) is 5.75 Å². The first kappa shape index (κ1) is 37.3. The number of ether oxygens (including phenoxy) is 2. The number of nitrogens with one attached hydrogen (secondary N) is 1. The van der Waals surface area contributed by atoms with E-state index >= 15 is 0 Å². The van der Waals surface area contributed by atoms with E-state index < -0.39 is 22.0 Å². The van der Waals surface area contributed by atoms with Crippen LogP contribution in [0.1, 0.15) is 63.2 Å².